The highest BCUT2D eigenvalue weighted by Gasteiger charge is 2.40. The zero-order valence-corrected chi connectivity index (χ0v) is 19.3. The van der Waals surface area contributed by atoms with Crippen molar-refractivity contribution in [2.45, 2.75) is 12.5 Å². The molecule has 3 aromatic rings. The number of fused-ring (bicyclic) bond motifs is 1. The van der Waals surface area contributed by atoms with Crippen LogP contribution in [0.4, 0.5) is 0 Å². The fourth-order valence-corrected chi connectivity index (χ4v) is 5.10. The molecule has 1 aromatic heterocycles. The van der Waals surface area contributed by atoms with Crippen molar-refractivity contribution >= 4 is 46.3 Å². The summed E-state index contributed by atoms with van der Waals surface area (Å²) in [5.74, 6) is -0.140. The Bertz CT molecular complexity index is 1310. The van der Waals surface area contributed by atoms with Gasteiger partial charge in [0, 0.05) is 18.2 Å². The number of pyridine rings is 1. The molecule has 0 radical (unpaired) electrons. The second kappa shape index (κ2) is 9.28. The minimum Gasteiger partial charge on any atom is -0.480 e. The molecule has 5 rings (SSSR count). The maximum absolute atomic E-state index is 13.1. The van der Waals surface area contributed by atoms with E-state index in [1.54, 1.807) is 12.3 Å². The minimum absolute atomic E-state index is 0.168. The van der Waals surface area contributed by atoms with Gasteiger partial charge in [-0.2, -0.15) is 0 Å². The first-order valence-electron chi connectivity index (χ1n) is 10.4. The van der Waals surface area contributed by atoms with Crippen LogP contribution < -0.4 is 9.47 Å². The van der Waals surface area contributed by atoms with Gasteiger partial charge in [-0.05, 0) is 41.5 Å². The molecular weight excluding hydrogens is 472 g/mol. The summed E-state index contributed by atoms with van der Waals surface area (Å²) in [6, 6.07) is 17.4. The lowest BCUT2D eigenvalue weighted by atomic mass is 10.0. The van der Waals surface area contributed by atoms with Gasteiger partial charge in [0.1, 0.15) is 10.4 Å². The molecule has 0 saturated carbocycles. The van der Waals surface area contributed by atoms with Crippen LogP contribution in [-0.4, -0.2) is 44.0 Å². The number of aliphatic carboxylic acids is 1. The quantitative estimate of drug-likeness (QED) is 0.402. The fraction of sp³-hybridized carbons (Fsp3) is 0.120. The molecule has 0 spiro atoms. The molecule has 1 saturated heterocycles. The van der Waals surface area contributed by atoms with Gasteiger partial charge < -0.3 is 14.6 Å². The highest BCUT2D eigenvalue weighted by atomic mass is 32.2. The number of benzene rings is 2. The van der Waals surface area contributed by atoms with Gasteiger partial charge in [0.2, 0.25) is 6.79 Å². The first-order valence-corrected chi connectivity index (χ1v) is 11.6. The van der Waals surface area contributed by atoms with Gasteiger partial charge in [0.05, 0.1) is 10.6 Å². The van der Waals surface area contributed by atoms with E-state index in [9.17, 15) is 14.7 Å². The van der Waals surface area contributed by atoms with E-state index < -0.39 is 17.9 Å². The van der Waals surface area contributed by atoms with Crippen molar-refractivity contribution in [1.82, 2.24) is 9.88 Å². The number of carbonyl (C=O) groups excluding carboxylic acids is 1. The van der Waals surface area contributed by atoms with Crippen LogP contribution in [0.2, 0.25) is 0 Å². The molecule has 34 heavy (non-hydrogen) atoms. The number of hydrogen-bond donors (Lipinski definition) is 1. The van der Waals surface area contributed by atoms with Gasteiger partial charge in [0.15, 0.2) is 11.5 Å². The summed E-state index contributed by atoms with van der Waals surface area (Å²) < 4.78 is 11.0. The first kappa shape index (κ1) is 22.1. The summed E-state index contributed by atoms with van der Waals surface area (Å²) in [7, 11) is 0. The fourth-order valence-electron chi connectivity index (χ4n) is 3.74. The molecule has 3 heterocycles. The number of carbonyl (C=O) groups is 2. The predicted octanol–water partition coefficient (Wildman–Crippen LogP) is 4.37. The molecule has 2 aromatic carbocycles. The zero-order valence-electron chi connectivity index (χ0n) is 17.7. The van der Waals surface area contributed by atoms with E-state index in [2.05, 4.69) is 4.98 Å². The number of carboxylic acids is 1. The summed E-state index contributed by atoms with van der Waals surface area (Å²) >= 11 is 6.47. The second-order valence-corrected chi connectivity index (χ2v) is 9.32. The summed E-state index contributed by atoms with van der Waals surface area (Å²) in [5, 5.41) is 9.79. The van der Waals surface area contributed by atoms with E-state index in [0.29, 0.717) is 22.0 Å². The maximum Gasteiger partial charge on any atom is 0.327 e. The van der Waals surface area contributed by atoms with Crippen molar-refractivity contribution in [3.05, 3.63) is 82.9 Å². The van der Waals surface area contributed by atoms with Gasteiger partial charge in [0.25, 0.3) is 5.91 Å². The van der Waals surface area contributed by atoms with Crippen LogP contribution in [0.5, 0.6) is 11.5 Å². The van der Waals surface area contributed by atoms with E-state index in [0.717, 1.165) is 28.6 Å². The molecule has 9 heteroatoms. The largest absolute Gasteiger partial charge is 0.480 e. The van der Waals surface area contributed by atoms with E-state index in [4.69, 9.17) is 21.7 Å². The highest BCUT2D eigenvalue weighted by Crippen LogP contribution is 2.36. The number of hydrogen-bond acceptors (Lipinski definition) is 7. The monoisotopic (exact) mass is 490 g/mol. The molecule has 7 nitrogen and oxygen atoms in total. The molecule has 0 bridgehead atoms. The Balaban J connectivity index is 1.35. The molecule has 170 valence electrons. The topological polar surface area (TPSA) is 89.0 Å². The number of carboxylic acid groups (broad SMARTS) is 1. The molecular formula is C25H18N2O5S2. The molecule has 1 fully saturated rings. The number of rotatable bonds is 6. The Kier molecular flexibility index (Phi) is 6.04. The summed E-state index contributed by atoms with van der Waals surface area (Å²) in [6.07, 6.45) is 3.50. The van der Waals surface area contributed by atoms with Crippen LogP contribution in [0, 0.1) is 0 Å². The number of ether oxygens (including phenoxy) is 2. The molecule has 1 atom stereocenters. The van der Waals surface area contributed by atoms with Crippen molar-refractivity contribution in [1.29, 1.82) is 0 Å². The van der Waals surface area contributed by atoms with Crippen molar-refractivity contribution in [3.63, 3.8) is 0 Å². The van der Waals surface area contributed by atoms with E-state index in [-0.39, 0.29) is 17.5 Å². The van der Waals surface area contributed by atoms with Gasteiger partial charge in [-0.1, -0.05) is 60.4 Å². The average Bonchev–Trinajstić information content (AvgIpc) is 3.42. The van der Waals surface area contributed by atoms with Crippen LogP contribution in [0.25, 0.3) is 17.3 Å². The lowest BCUT2D eigenvalue weighted by Crippen LogP contribution is -2.45. The maximum atomic E-state index is 13.1. The van der Waals surface area contributed by atoms with E-state index in [1.807, 2.05) is 60.7 Å². The standard InChI is InChI=1S/C25H18N2O5S2/c28-23-22(34-25(33)27(23)19(24(29)30)10-15-4-2-1-3-5-15)11-16-6-8-18(26-13-16)17-7-9-20-21(12-17)32-14-31-20/h1-9,11-13,19H,10,14H2,(H,29,30)/b22-11+/t19-/m0/s1. The van der Waals surface area contributed by atoms with Crippen molar-refractivity contribution in [2.24, 2.45) is 0 Å². The number of nitrogens with zero attached hydrogens (tertiary/aromatic N) is 2. The first-order chi connectivity index (χ1) is 16.5. The van der Waals surface area contributed by atoms with Crippen LogP contribution in [-0.2, 0) is 16.0 Å². The third-order valence-electron chi connectivity index (χ3n) is 5.44. The molecule has 1 amide bonds. The normalized spacial score (nSPS) is 16.8. The van der Waals surface area contributed by atoms with Crippen LogP contribution in [0.3, 0.4) is 0 Å². The Morgan fingerprint density at radius 1 is 1.15 bits per heavy atom. The van der Waals surface area contributed by atoms with Crippen molar-refractivity contribution < 1.29 is 24.2 Å². The Morgan fingerprint density at radius 3 is 2.68 bits per heavy atom. The van der Waals surface area contributed by atoms with Crippen LogP contribution >= 0.6 is 24.0 Å². The number of thioether (sulfide) groups is 1. The van der Waals surface area contributed by atoms with Crippen molar-refractivity contribution in [2.75, 3.05) is 6.79 Å². The molecule has 2 aliphatic rings. The smallest absolute Gasteiger partial charge is 0.327 e. The SMILES string of the molecule is O=C(O)[C@H](Cc1ccccc1)N1C(=O)/C(=C\c2ccc(-c3ccc4c(c3)OCO4)nc2)SC1=S. The summed E-state index contributed by atoms with van der Waals surface area (Å²) in [6.45, 7) is 0.206. The lowest BCUT2D eigenvalue weighted by Gasteiger charge is -2.23. The molecule has 0 aliphatic carbocycles. The Labute approximate surface area is 205 Å². The number of thiocarbonyl (C=S) groups is 1. The highest BCUT2D eigenvalue weighted by molar-refractivity contribution is 8.26. The van der Waals surface area contributed by atoms with Crippen LogP contribution in [0.15, 0.2) is 71.8 Å². The van der Waals surface area contributed by atoms with Crippen molar-refractivity contribution in [3.8, 4) is 22.8 Å². The predicted molar refractivity (Wildman–Crippen MR) is 132 cm³/mol. The Morgan fingerprint density at radius 2 is 1.94 bits per heavy atom. The molecule has 2 aliphatic heterocycles. The van der Waals surface area contributed by atoms with Gasteiger partial charge >= 0.3 is 5.97 Å². The van der Waals surface area contributed by atoms with Gasteiger partial charge in [-0.3, -0.25) is 14.7 Å². The summed E-state index contributed by atoms with van der Waals surface area (Å²) in [5.41, 5.74) is 3.15. The average molecular weight is 491 g/mol. The number of amides is 1. The molecule has 0 unspecified atom stereocenters. The lowest BCUT2D eigenvalue weighted by molar-refractivity contribution is -0.145. The van der Waals surface area contributed by atoms with E-state index in [1.165, 1.54) is 4.90 Å². The zero-order chi connectivity index (χ0) is 23.7. The Hall–Kier alpha value is -3.69. The third-order valence-corrected chi connectivity index (χ3v) is 6.78. The number of aromatic nitrogens is 1. The van der Waals surface area contributed by atoms with E-state index >= 15 is 0 Å². The molecule has 1 N–H and O–H groups in total. The summed E-state index contributed by atoms with van der Waals surface area (Å²) in [4.78, 5) is 31.1. The van der Waals surface area contributed by atoms with Crippen LogP contribution in [0.1, 0.15) is 11.1 Å². The van der Waals surface area contributed by atoms with Gasteiger partial charge in [-0.25, -0.2) is 4.79 Å². The minimum atomic E-state index is -1.10. The third kappa shape index (κ3) is 4.40. The van der Waals surface area contributed by atoms with Gasteiger partial charge in [-0.15, -0.1) is 0 Å². The second-order valence-electron chi connectivity index (χ2n) is 7.64.